The van der Waals surface area contributed by atoms with Crippen molar-refractivity contribution in [2.45, 2.75) is 30.7 Å². The maximum Gasteiger partial charge on any atom is 0.243 e. The number of ether oxygens (including phenoxy) is 1. The number of hydrogen-bond acceptors (Lipinski definition) is 4. The fourth-order valence-corrected chi connectivity index (χ4v) is 4.99. The minimum Gasteiger partial charge on any atom is -0.497 e. The Morgan fingerprint density at radius 3 is 2.78 bits per heavy atom. The number of nitrogens with zero attached hydrogens (tertiary/aromatic N) is 2. The predicted octanol–water partition coefficient (Wildman–Crippen LogP) is 2.92. The molecule has 1 fully saturated rings. The van der Waals surface area contributed by atoms with Crippen LogP contribution in [0, 0.1) is 6.92 Å². The maximum atomic E-state index is 13.1. The van der Waals surface area contributed by atoms with Crippen molar-refractivity contribution in [2.24, 2.45) is 0 Å². The largest absolute Gasteiger partial charge is 0.497 e. The molecule has 1 aliphatic heterocycles. The van der Waals surface area contributed by atoms with Crippen LogP contribution in [0.5, 0.6) is 5.75 Å². The Balaban J connectivity index is 1.99. The van der Waals surface area contributed by atoms with E-state index in [1.807, 2.05) is 12.1 Å². The van der Waals surface area contributed by atoms with Crippen LogP contribution < -0.4 is 4.74 Å². The van der Waals surface area contributed by atoms with Gasteiger partial charge in [-0.15, -0.1) is 0 Å². The van der Waals surface area contributed by atoms with E-state index in [1.54, 1.807) is 48.9 Å². The smallest absolute Gasteiger partial charge is 0.243 e. The summed E-state index contributed by atoms with van der Waals surface area (Å²) in [4.78, 5) is 4.46. The Bertz CT molecular complexity index is 791. The van der Waals surface area contributed by atoms with Crippen LogP contribution in [0.15, 0.2) is 47.6 Å². The highest BCUT2D eigenvalue weighted by Gasteiger charge is 2.36. The lowest BCUT2D eigenvalue weighted by atomic mass is 10.1. The van der Waals surface area contributed by atoms with Crippen LogP contribution in [-0.2, 0) is 10.0 Å². The summed E-state index contributed by atoms with van der Waals surface area (Å²) in [5, 5.41) is 0. The van der Waals surface area contributed by atoms with E-state index in [2.05, 4.69) is 4.98 Å². The Morgan fingerprint density at radius 2 is 2.13 bits per heavy atom. The van der Waals surface area contributed by atoms with Gasteiger partial charge in [0.2, 0.25) is 10.0 Å². The molecule has 5 nitrogen and oxygen atoms in total. The summed E-state index contributed by atoms with van der Waals surface area (Å²) in [5.74, 6) is 0.659. The van der Waals surface area contributed by atoms with Crippen molar-refractivity contribution in [1.29, 1.82) is 0 Å². The second kappa shape index (κ2) is 6.29. The Morgan fingerprint density at radius 1 is 1.30 bits per heavy atom. The fourth-order valence-electron chi connectivity index (χ4n) is 3.10. The van der Waals surface area contributed by atoms with Gasteiger partial charge in [0.25, 0.3) is 0 Å². The molecule has 0 radical (unpaired) electrons. The second-order valence-electron chi connectivity index (χ2n) is 5.69. The number of pyridine rings is 1. The molecule has 122 valence electrons. The van der Waals surface area contributed by atoms with Crippen LogP contribution >= 0.6 is 0 Å². The quantitative estimate of drug-likeness (QED) is 0.864. The molecule has 0 spiro atoms. The Hall–Kier alpha value is -1.92. The first kappa shape index (κ1) is 16.0. The van der Waals surface area contributed by atoms with Gasteiger partial charge >= 0.3 is 0 Å². The van der Waals surface area contributed by atoms with Gasteiger partial charge in [-0.25, -0.2) is 8.42 Å². The third-order valence-corrected chi connectivity index (χ3v) is 6.31. The highest BCUT2D eigenvalue weighted by molar-refractivity contribution is 7.89. The summed E-state index contributed by atoms with van der Waals surface area (Å²) in [7, 11) is -1.97. The van der Waals surface area contributed by atoms with E-state index in [-0.39, 0.29) is 6.04 Å². The highest BCUT2D eigenvalue weighted by atomic mass is 32.2. The van der Waals surface area contributed by atoms with Crippen LogP contribution in [0.25, 0.3) is 0 Å². The molecule has 0 saturated carbocycles. The van der Waals surface area contributed by atoms with Gasteiger partial charge in [0.1, 0.15) is 5.75 Å². The molecule has 1 saturated heterocycles. The monoisotopic (exact) mass is 332 g/mol. The summed E-state index contributed by atoms with van der Waals surface area (Å²) < 4.78 is 33.0. The number of benzene rings is 1. The van der Waals surface area contributed by atoms with Crippen molar-refractivity contribution < 1.29 is 13.2 Å². The van der Waals surface area contributed by atoms with Gasteiger partial charge in [-0.2, -0.15) is 4.31 Å². The minimum absolute atomic E-state index is 0.143. The lowest BCUT2D eigenvalue weighted by molar-refractivity contribution is 0.395. The molecule has 6 heteroatoms. The Kier molecular flexibility index (Phi) is 4.37. The zero-order valence-corrected chi connectivity index (χ0v) is 14.1. The summed E-state index contributed by atoms with van der Waals surface area (Å²) in [5.41, 5.74) is 1.64. The Labute approximate surface area is 137 Å². The van der Waals surface area contributed by atoms with Crippen LogP contribution in [0.3, 0.4) is 0 Å². The van der Waals surface area contributed by atoms with E-state index in [0.29, 0.717) is 22.8 Å². The number of aryl methyl sites for hydroxylation is 1. The van der Waals surface area contributed by atoms with Gasteiger partial charge in [-0.05, 0) is 55.2 Å². The molecular weight excluding hydrogens is 312 g/mol. The molecule has 0 amide bonds. The molecule has 0 bridgehead atoms. The summed E-state index contributed by atoms with van der Waals surface area (Å²) >= 11 is 0. The summed E-state index contributed by atoms with van der Waals surface area (Å²) in [6.45, 7) is 2.33. The maximum absolute atomic E-state index is 13.1. The zero-order chi connectivity index (χ0) is 16.4. The molecule has 2 aromatic rings. The van der Waals surface area contributed by atoms with E-state index in [0.717, 1.165) is 18.4 Å². The average molecular weight is 332 g/mol. The zero-order valence-electron chi connectivity index (χ0n) is 13.3. The third kappa shape index (κ3) is 2.96. The van der Waals surface area contributed by atoms with Crippen LogP contribution in [0.4, 0.5) is 0 Å². The van der Waals surface area contributed by atoms with Crippen molar-refractivity contribution >= 4 is 10.0 Å². The average Bonchev–Trinajstić information content (AvgIpc) is 3.05. The summed E-state index contributed by atoms with van der Waals surface area (Å²) in [6.07, 6.45) is 5.12. The van der Waals surface area contributed by atoms with Crippen LogP contribution in [0.1, 0.15) is 30.0 Å². The first-order valence-electron chi connectivity index (χ1n) is 7.60. The van der Waals surface area contributed by atoms with Gasteiger partial charge < -0.3 is 4.74 Å². The van der Waals surface area contributed by atoms with Gasteiger partial charge in [0.15, 0.2) is 0 Å². The van der Waals surface area contributed by atoms with E-state index in [4.69, 9.17) is 4.74 Å². The first-order chi connectivity index (χ1) is 11.0. The van der Waals surface area contributed by atoms with Crippen molar-refractivity contribution in [3.05, 3.63) is 53.9 Å². The number of rotatable bonds is 4. The molecule has 1 aromatic heterocycles. The predicted molar refractivity (Wildman–Crippen MR) is 87.8 cm³/mol. The van der Waals surface area contributed by atoms with Crippen molar-refractivity contribution in [2.75, 3.05) is 13.7 Å². The lowest BCUT2D eigenvalue weighted by Crippen LogP contribution is -2.31. The SMILES string of the molecule is COc1ccc(S(=O)(=O)N2CCCC2c2cccnc2)c(C)c1. The van der Waals surface area contributed by atoms with E-state index >= 15 is 0 Å². The van der Waals surface area contributed by atoms with E-state index in [9.17, 15) is 8.42 Å². The molecule has 1 aromatic carbocycles. The molecular formula is C17H20N2O3S. The van der Waals surface area contributed by atoms with E-state index < -0.39 is 10.0 Å². The number of aromatic nitrogens is 1. The van der Waals surface area contributed by atoms with Crippen molar-refractivity contribution in [3.63, 3.8) is 0 Å². The minimum atomic E-state index is -3.54. The normalized spacial score (nSPS) is 19.0. The van der Waals surface area contributed by atoms with Gasteiger partial charge in [-0.3, -0.25) is 4.98 Å². The number of sulfonamides is 1. The molecule has 1 aliphatic rings. The molecule has 1 unspecified atom stereocenters. The topological polar surface area (TPSA) is 59.5 Å². The van der Waals surface area contributed by atoms with Crippen molar-refractivity contribution in [3.8, 4) is 5.75 Å². The van der Waals surface area contributed by atoms with E-state index in [1.165, 1.54) is 0 Å². The summed E-state index contributed by atoms with van der Waals surface area (Å²) in [6, 6.07) is 8.71. The van der Waals surface area contributed by atoms with Crippen LogP contribution in [0.2, 0.25) is 0 Å². The van der Waals surface area contributed by atoms with Gasteiger partial charge in [0, 0.05) is 18.9 Å². The molecule has 3 rings (SSSR count). The molecule has 0 aliphatic carbocycles. The van der Waals surface area contributed by atoms with Crippen molar-refractivity contribution in [1.82, 2.24) is 9.29 Å². The second-order valence-corrected chi connectivity index (χ2v) is 7.55. The molecule has 0 N–H and O–H groups in total. The van der Waals surface area contributed by atoms with Gasteiger partial charge in [-0.1, -0.05) is 6.07 Å². The van der Waals surface area contributed by atoms with Gasteiger partial charge in [0.05, 0.1) is 18.0 Å². The molecule has 2 heterocycles. The first-order valence-corrected chi connectivity index (χ1v) is 9.04. The fraction of sp³-hybridized carbons (Fsp3) is 0.353. The number of hydrogen-bond donors (Lipinski definition) is 0. The molecule has 23 heavy (non-hydrogen) atoms. The molecule has 1 atom stereocenters. The third-order valence-electron chi connectivity index (χ3n) is 4.24. The standard InChI is InChI=1S/C17H20N2O3S/c1-13-11-15(22-2)7-8-17(13)23(20,21)19-10-4-6-16(19)14-5-3-9-18-12-14/h3,5,7-9,11-12,16H,4,6,10H2,1-2H3. The van der Waals surface area contributed by atoms with Crippen LogP contribution in [-0.4, -0.2) is 31.4 Å². The highest BCUT2D eigenvalue weighted by Crippen LogP contribution is 2.37. The lowest BCUT2D eigenvalue weighted by Gasteiger charge is -2.25. The number of methoxy groups -OCH3 is 1.